The maximum absolute atomic E-state index is 12.0. The van der Waals surface area contributed by atoms with Crippen molar-refractivity contribution in [2.75, 3.05) is 6.54 Å². The molecule has 18 heavy (non-hydrogen) atoms. The molecular formula is C15H17NOS. The van der Waals surface area contributed by atoms with Gasteiger partial charge < -0.3 is 5.73 Å². The van der Waals surface area contributed by atoms with Crippen molar-refractivity contribution in [2.24, 2.45) is 5.73 Å². The third-order valence-corrected chi connectivity index (χ3v) is 3.82. The van der Waals surface area contributed by atoms with E-state index in [2.05, 4.69) is 6.07 Å². The average molecular weight is 259 g/mol. The summed E-state index contributed by atoms with van der Waals surface area (Å²) in [6.45, 7) is 0.645. The van der Waals surface area contributed by atoms with Crippen LogP contribution in [0, 0.1) is 0 Å². The summed E-state index contributed by atoms with van der Waals surface area (Å²) in [5.74, 6) is 0.211. The van der Waals surface area contributed by atoms with Gasteiger partial charge in [0.05, 0.1) is 0 Å². The van der Waals surface area contributed by atoms with Crippen LogP contribution in [0.4, 0.5) is 0 Å². The fourth-order valence-corrected chi connectivity index (χ4v) is 2.57. The highest BCUT2D eigenvalue weighted by Gasteiger charge is 2.06. The predicted octanol–water partition coefficient (Wildman–Crippen LogP) is 3.06. The van der Waals surface area contributed by atoms with Crippen LogP contribution >= 0.6 is 11.3 Å². The first kappa shape index (κ1) is 13.0. The molecule has 0 spiro atoms. The molecule has 94 valence electrons. The molecule has 0 amide bonds. The second kappa shape index (κ2) is 6.47. The minimum atomic E-state index is 0.211. The molecule has 1 heterocycles. The fraction of sp³-hybridized carbons (Fsp3) is 0.267. The Bertz CT molecular complexity index is 488. The first-order valence-electron chi connectivity index (χ1n) is 6.14. The third-order valence-electron chi connectivity index (χ3n) is 2.89. The zero-order valence-corrected chi connectivity index (χ0v) is 11.1. The van der Waals surface area contributed by atoms with E-state index < -0.39 is 0 Å². The molecular weight excluding hydrogens is 242 g/mol. The monoisotopic (exact) mass is 259 g/mol. The van der Waals surface area contributed by atoms with E-state index in [1.54, 1.807) is 11.3 Å². The van der Waals surface area contributed by atoms with Gasteiger partial charge in [-0.3, -0.25) is 4.79 Å². The van der Waals surface area contributed by atoms with Crippen LogP contribution in [0.3, 0.4) is 0 Å². The van der Waals surface area contributed by atoms with Crippen molar-refractivity contribution < 1.29 is 4.79 Å². The summed E-state index contributed by atoms with van der Waals surface area (Å²) in [5.41, 5.74) is 7.48. The highest BCUT2D eigenvalue weighted by atomic mass is 32.1. The number of hydrogen-bond donors (Lipinski definition) is 1. The van der Waals surface area contributed by atoms with Crippen LogP contribution in [0.2, 0.25) is 0 Å². The number of carbonyl (C=O) groups excluding carboxylic acids is 1. The molecule has 2 nitrogen and oxygen atoms in total. The summed E-state index contributed by atoms with van der Waals surface area (Å²) < 4.78 is 0. The average Bonchev–Trinajstić information content (AvgIpc) is 2.90. The Hall–Kier alpha value is -1.45. The van der Waals surface area contributed by atoms with Crippen molar-refractivity contribution in [3.8, 4) is 0 Å². The van der Waals surface area contributed by atoms with Crippen LogP contribution in [0.1, 0.15) is 27.2 Å². The molecule has 1 aromatic heterocycles. The normalized spacial score (nSPS) is 10.5. The molecule has 0 aliphatic heterocycles. The van der Waals surface area contributed by atoms with Gasteiger partial charge in [-0.2, -0.15) is 0 Å². The standard InChI is InChI=1S/C15H17NOS/c16-10-9-12-3-5-13(6-4-12)15(17)8-7-14-2-1-11-18-14/h1-6,11H,7-10,16H2. The fourth-order valence-electron chi connectivity index (χ4n) is 1.86. The van der Waals surface area contributed by atoms with Crippen LogP contribution < -0.4 is 5.73 Å². The lowest BCUT2D eigenvalue weighted by atomic mass is 10.0. The van der Waals surface area contributed by atoms with Gasteiger partial charge in [0.2, 0.25) is 0 Å². The second-order valence-corrected chi connectivity index (χ2v) is 5.27. The first-order valence-corrected chi connectivity index (χ1v) is 7.02. The van der Waals surface area contributed by atoms with E-state index >= 15 is 0 Å². The molecule has 0 aliphatic rings. The van der Waals surface area contributed by atoms with Crippen molar-refractivity contribution >= 4 is 17.1 Å². The van der Waals surface area contributed by atoms with Gasteiger partial charge in [0.25, 0.3) is 0 Å². The highest BCUT2D eigenvalue weighted by Crippen LogP contribution is 2.14. The van der Waals surface area contributed by atoms with Crippen LogP contribution in [-0.4, -0.2) is 12.3 Å². The van der Waals surface area contributed by atoms with Crippen molar-refractivity contribution in [3.05, 3.63) is 57.8 Å². The van der Waals surface area contributed by atoms with E-state index in [0.29, 0.717) is 13.0 Å². The molecule has 2 N–H and O–H groups in total. The molecule has 0 fully saturated rings. The maximum Gasteiger partial charge on any atom is 0.163 e. The number of benzene rings is 1. The van der Waals surface area contributed by atoms with Crippen molar-refractivity contribution in [1.29, 1.82) is 0 Å². The first-order chi connectivity index (χ1) is 8.79. The summed E-state index contributed by atoms with van der Waals surface area (Å²) >= 11 is 1.70. The van der Waals surface area contributed by atoms with Gasteiger partial charge in [0, 0.05) is 16.9 Å². The van der Waals surface area contributed by atoms with Gasteiger partial charge in [-0.25, -0.2) is 0 Å². The molecule has 1 aromatic carbocycles. The van der Waals surface area contributed by atoms with E-state index in [-0.39, 0.29) is 5.78 Å². The Kier molecular flexibility index (Phi) is 4.67. The van der Waals surface area contributed by atoms with Gasteiger partial charge in [0.15, 0.2) is 5.78 Å². The number of thiophene rings is 1. The number of ketones is 1. The van der Waals surface area contributed by atoms with Gasteiger partial charge in [-0.05, 0) is 36.4 Å². The van der Waals surface area contributed by atoms with Gasteiger partial charge in [-0.1, -0.05) is 30.3 Å². The molecule has 3 heteroatoms. The smallest absolute Gasteiger partial charge is 0.163 e. The quantitative estimate of drug-likeness (QED) is 0.810. The topological polar surface area (TPSA) is 43.1 Å². The minimum Gasteiger partial charge on any atom is -0.330 e. The summed E-state index contributed by atoms with van der Waals surface area (Å²) in [4.78, 5) is 13.3. The SMILES string of the molecule is NCCc1ccc(C(=O)CCc2cccs2)cc1. The highest BCUT2D eigenvalue weighted by molar-refractivity contribution is 7.09. The molecule has 0 saturated carbocycles. The van der Waals surface area contributed by atoms with Gasteiger partial charge >= 0.3 is 0 Å². The molecule has 0 unspecified atom stereocenters. The third kappa shape index (κ3) is 3.52. The summed E-state index contributed by atoms with van der Waals surface area (Å²) in [6.07, 6.45) is 2.28. The number of carbonyl (C=O) groups is 1. The van der Waals surface area contributed by atoms with Crippen LogP contribution in [-0.2, 0) is 12.8 Å². The van der Waals surface area contributed by atoms with Crippen molar-refractivity contribution in [2.45, 2.75) is 19.3 Å². The molecule has 0 bridgehead atoms. The lowest BCUT2D eigenvalue weighted by Gasteiger charge is -2.02. The molecule has 0 aliphatic carbocycles. The van der Waals surface area contributed by atoms with E-state index in [1.165, 1.54) is 10.4 Å². The van der Waals surface area contributed by atoms with E-state index in [9.17, 15) is 4.79 Å². The zero-order chi connectivity index (χ0) is 12.8. The van der Waals surface area contributed by atoms with E-state index in [0.717, 1.165) is 18.4 Å². The second-order valence-electron chi connectivity index (χ2n) is 4.24. The Morgan fingerprint density at radius 1 is 1.11 bits per heavy atom. The number of nitrogens with two attached hydrogens (primary N) is 1. The zero-order valence-electron chi connectivity index (χ0n) is 10.3. The molecule has 0 radical (unpaired) electrons. The molecule has 2 rings (SSSR count). The number of aryl methyl sites for hydroxylation is 1. The van der Waals surface area contributed by atoms with Crippen molar-refractivity contribution in [1.82, 2.24) is 0 Å². The maximum atomic E-state index is 12.0. The van der Waals surface area contributed by atoms with Crippen LogP contribution in [0.5, 0.6) is 0 Å². The summed E-state index contributed by atoms with van der Waals surface area (Å²) in [7, 11) is 0. The van der Waals surface area contributed by atoms with Crippen LogP contribution in [0.25, 0.3) is 0 Å². The van der Waals surface area contributed by atoms with Gasteiger partial charge in [0.1, 0.15) is 0 Å². The van der Waals surface area contributed by atoms with E-state index in [4.69, 9.17) is 5.73 Å². The summed E-state index contributed by atoms with van der Waals surface area (Å²) in [6, 6.07) is 11.9. The van der Waals surface area contributed by atoms with E-state index in [1.807, 2.05) is 35.7 Å². The van der Waals surface area contributed by atoms with Gasteiger partial charge in [-0.15, -0.1) is 11.3 Å². The number of hydrogen-bond acceptors (Lipinski definition) is 3. The number of Topliss-reactive ketones (excluding diaryl/α,β-unsaturated/α-hetero) is 1. The largest absolute Gasteiger partial charge is 0.330 e. The molecule has 0 saturated heterocycles. The lowest BCUT2D eigenvalue weighted by molar-refractivity contribution is 0.0983. The van der Waals surface area contributed by atoms with Crippen molar-refractivity contribution in [3.63, 3.8) is 0 Å². The molecule has 0 atom stereocenters. The Morgan fingerprint density at radius 2 is 1.89 bits per heavy atom. The number of rotatable bonds is 6. The van der Waals surface area contributed by atoms with Crippen LogP contribution in [0.15, 0.2) is 41.8 Å². The molecule has 2 aromatic rings. The lowest BCUT2D eigenvalue weighted by Crippen LogP contribution is -2.04. The Balaban J connectivity index is 1.92. The Morgan fingerprint density at radius 3 is 2.50 bits per heavy atom. The minimum absolute atomic E-state index is 0.211. The predicted molar refractivity (Wildman–Crippen MR) is 76.2 cm³/mol. The summed E-state index contributed by atoms with van der Waals surface area (Å²) in [5, 5.41) is 2.04. The Labute approximate surface area is 111 Å².